The Balaban J connectivity index is 1.81. The maximum absolute atomic E-state index is 13.0. The third-order valence-electron chi connectivity index (χ3n) is 5.14. The van der Waals surface area contributed by atoms with Crippen molar-refractivity contribution in [1.29, 1.82) is 0 Å². The number of hydrazone groups is 1. The second kappa shape index (κ2) is 11.9. The van der Waals surface area contributed by atoms with Crippen LogP contribution in [0.2, 0.25) is 0 Å². The van der Waals surface area contributed by atoms with Gasteiger partial charge in [-0.2, -0.15) is 5.10 Å². The van der Waals surface area contributed by atoms with Crippen molar-refractivity contribution >= 4 is 35.1 Å². The predicted octanol–water partition coefficient (Wildman–Crippen LogP) is 3.55. The smallest absolute Gasteiger partial charge is 0.285 e. The zero-order valence-electron chi connectivity index (χ0n) is 20.3. The van der Waals surface area contributed by atoms with Crippen molar-refractivity contribution < 1.29 is 33.6 Å². The third-order valence-corrected chi connectivity index (χ3v) is 5.14. The van der Waals surface area contributed by atoms with Gasteiger partial charge in [0.2, 0.25) is 5.75 Å². The van der Waals surface area contributed by atoms with E-state index < -0.39 is 33.0 Å². The monoisotopic (exact) mass is 523 g/mol. The zero-order valence-corrected chi connectivity index (χ0v) is 20.3. The van der Waals surface area contributed by atoms with E-state index in [2.05, 4.69) is 15.8 Å². The van der Waals surface area contributed by atoms with E-state index in [0.717, 1.165) is 24.4 Å². The Morgan fingerprint density at radius 1 is 0.868 bits per heavy atom. The molecule has 14 nitrogen and oxygen atoms in total. The highest BCUT2D eigenvalue weighted by atomic mass is 16.6. The lowest BCUT2D eigenvalue weighted by atomic mass is 10.1. The first-order valence-electron chi connectivity index (χ1n) is 10.7. The Bertz CT molecular complexity index is 1410. The molecular weight excluding hydrogens is 502 g/mol. The topological polar surface area (TPSA) is 185 Å². The summed E-state index contributed by atoms with van der Waals surface area (Å²) >= 11 is 0. The highest BCUT2D eigenvalue weighted by molar-refractivity contribution is 6.09. The molecule has 3 rings (SSSR count). The SMILES string of the molecule is COc1cc(C(=O)Nc2ccccc2C(=O)N/N=C\c2ccc([N+](=O)[O-])cc2[N+](=O)[O-])cc(OC)c1OC. The maximum Gasteiger partial charge on any atom is 0.285 e. The summed E-state index contributed by atoms with van der Waals surface area (Å²) in [6, 6.07) is 12.0. The lowest BCUT2D eigenvalue weighted by Gasteiger charge is -2.15. The van der Waals surface area contributed by atoms with E-state index in [4.69, 9.17) is 14.2 Å². The van der Waals surface area contributed by atoms with Crippen molar-refractivity contribution in [3.63, 3.8) is 0 Å². The summed E-state index contributed by atoms with van der Waals surface area (Å²) in [7, 11) is 4.24. The van der Waals surface area contributed by atoms with Gasteiger partial charge in [-0.25, -0.2) is 5.43 Å². The standard InChI is InChI=1S/C24H21N5O9/c1-36-20-10-15(11-21(37-2)22(20)38-3)23(30)26-18-7-5-4-6-17(18)24(31)27-25-13-14-8-9-16(28(32)33)12-19(14)29(34)35/h4-13H,1-3H3,(H,26,30)(H,27,31)/b25-13-. The van der Waals surface area contributed by atoms with Gasteiger partial charge in [-0.1, -0.05) is 12.1 Å². The highest BCUT2D eigenvalue weighted by Gasteiger charge is 2.20. The molecule has 0 aliphatic heterocycles. The van der Waals surface area contributed by atoms with Gasteiger partial charge in [0.15, 0.2) is 11.5 Å². The molecule has 0 saturated carbocycles. The summed E-state index contributed by atoms with van der Waals surface area (Å²) in [5.74, 6) is -0.478. The number of methoxy groups -OCH3 is 3. The van der Waals surface area contributed by atoms with E-state index in [9.17, 15) is 29.8 Å². The van der Waals surface area contributed by atoms with Crippen LogP contribution in [0.5, 0.6) is 17.2 Å². The first kappa shape index (κ1) is 27.1. The summed E-state index contributed by atoms with van der Waals surface area (Å²) < 4.78 is 15.8. The first-order chi connectivity index (χ1) is 18.2. The van der Waals surface area contributed by atoms with Gasteiger partial charge in [0.25, 0.3) is 23.2 Å². The molecule has 0 radical (unpaired) electrons. The largest absolute Gasteiger partial charge is 0.493 e. The minimum atomic E-state index is -0.801. The Morgan fingerprint density at radius 2 is 1.53 bits per heavy atom. The van der Waals surface area contributed by atoms with E-state index in [-0.39, 0.29) is 33.9 Å². The average Bonchev–Trinajstić information content (AvgIpc) is 2.92. The molecule has 196 valence electrons. The number of amides is 2. The molecule has 2 N–H and O–H groups in total. The molecule has 3 aromatic rings. The molecule has 0 fully saturated rings. The minimum Gasteiger partial charge on any atom is -0.493 e. The van der Waals surface area contributed by atoms with E-state index >= 15 is 0 Å². The number of nitrogens with one attached hydrogen (secondary N) is 2. The van der Waals surface area contributed by atoms with Gasteiger partial charge >= 0.3 is 0 Å². The summed E-state index contributed by atoms with van der Waals surface area (Å²) in [4.78, 5) is 46.3. The Hall–Kier alpha value is -5.53. The van der Waals surface area contributed by atoms with Gasteiger partial charge in [-0.05, 0) is 30.3 Å². The summed E-state index contributed by atoms with van der Waals surface area (Å²) in [6.45, 7) is 0. The predicted molar refractivity (Wildman–Crippen MR) is 135 cm³/mol. The van der Waals surface area contributed by atoms with Crippen LogP contribution in [0.1, 0.15) is 26.3 Å². The highest BCUT2D eigenvalue weighted by Crippen LogP contribution is 2.38. The number of hydrogen-bond donors (Lipinski definition) is 2. The molecule has 0 heterocycles. The Labute approximate surface area is 215 Å². The average molecular weight is 523 g/mol. The van der Waals surface area contributed by atoms with Crippen LogP contribution in [0.4, 0.5) is 17.1 Å². The summed E-state index contributed by atoms with van der Waals surface area (Å²) in [5.41, 5.74) is 1.50. The van der Waals surface area contributed by atoms with E-state index in [1.165, 1.54) is 45.6 Å². The van der Waals surface area contributed by atoms with Crippen LogP contribution >= 0.6 is 0 Å². The number of carbonyl (C=O) groups excluding carboxylic acids is 2. The molecule has 2 amide bonds. The van der Waals surface area contributed by atoms with Crippen LogP contribution < -0.4 is 25.0 Å². The van der Waals surface area contributed by atoms with E-state index in [1.54, 1.807) is 12.1 Å². The number of non-ortho nitro benzene ring substituents is 1. The summed E-state index contributed by atoms with van der Waals surface area (Å²) in [5, 5.41) is 28.5. The van der Waals surface area contributed by atoms with Gasteiger partial charge < -0.3 is 19.5 Å². The number of ether oxygens (including phenoxy) is 3. The molecular formula is C24H21N5O9. The number of nitrogens with zero attached hydrogens (tertiary/aromatic N) is 3. The second-order valence-corrected chi connectivity index (χ2v) is 7.37. The molecule has 14 heteroatoms. The van der Waals surface area contributed by atoms with E-state index in [1.807, 2.05) is 0 Å². The van der Waals surface area contributed by atoms with Crippen LogP contribution in [0, 0.1) is 20.2 Å². The number of hydrogen-bond acceptors (Lipinski definition) is 10. The molecule has 0 bridgehead atoms. The molecule has 0 atom stereocenters. The van der Waals surface area contributed by atoms with E-state index in [0.29, 0.717) is 5.75 Å². The zero-order chi connectivity index (χ0) is 27.8. The fourth-order valence-corrected chi connectivity index (χ4v) is 3.33. The molecule has 0 spiro atoms. The van der Waals surface area contributed by atoms with Crippen LogP contribution in [-0.2, 0) is 0 Å². The molecule has 0 aliphatic carbocycles. The number of nitro benzene ring substituents is 2. The van der Waals surface area contributed by atoms with Gasteiger partial charge in [0, 0.05) is 11.6 Å². The van der Waals surface area contributed by atoms with Crippen LogP contribution in [0.25, 0.3) is 0 Å². The van der Waals surface area contributed by atoms with Crippen LogP contribution in [0.3, 0.4) is 0 Å². The number of nitro groups is 2. The van der Waals surface area contributed by atoms with Crippen LogP contribution in [-0.4, -0.2) is 49.2 Å². The summed E-state index contributed by atoms with van der Waals surface area (Å²) in [6.07, 6.45) is 0.983. The number of benzene rings is 3. The van der Waals surface area contributed by atoms with Gasteiger partial charge in [-0.3, -0.25) is 29.8 Å². The Kier molecular flexibility index (Phi) is 8.50. The maximum atomic E-state index is 13.0. The van der Waals surface area contributed by atoms with Crippen molar-refractivity contribution in [2.45, 2.75) is 0 Å². The minimum absolute atomic E-state index is 0.0450. The molecule has 0 aliphatic rings. The van der Waals surface area contributed by atoms with Crippen LogP contribution in [0.15, 0.2) is 59.7 Å². The third kappa shape index (κ3) is 5.99. The number of rotatable bonds is 10. The molecule has 0 aromatic heterocycles. The lowest BCUT2D eigenvalue weighted by molar-refractivity contribution is -0.394. The van der Waals surface area contributed by atoms with Gasteiger partial charge in [-0.15, -0.1) is 0 Å². The fourth-order valence-electron chi connectivity index (χ4n) is 3.33. The fraction of sp³-hybridized carbons (Fsp3) is 0.125. The van der Waals surface area contributed by atoms with Crippen molar-refractivity contribution in [3.05, 3.63) is 91.5 Å². The van der Waals surface area contributed by atoms with Crippen molar-refractivity contribution in [2.75, 3.05) is 26.6 Å². The number of anilines is 1. The van der Waals surface area contributed by atoms with Crippen molar-refractivity contribution in [3.8, 4) is 17.2 Å². The molecule has 3 aromatic carbocycles. The van der Waals surface area contributed by atoms with Gasteiger partial charge in [0.05, 0.1) is 60.3 Å². The van der Waals surface area contributed by atoms with Crippen molar-refractivity contribution in [1.82, 2.24) is 5.43 Å². The Morgan fingerprint density at radius 3 is 2.11 bits per heavy atom. The molecule has 0 saturated heterocycles. The second-order valence-electron chi connectivity index (χ2n) is 7.37. The van der Waals surface area contributed by atoms with Crippen molar-refractivity contribution in [2.24, 2.45) is 5.10 Å². The first-order valence-corrected chi connectivity index (χ1v) is 10.7. The quantitative estimate of drug-likeness (QED) is 0.228. The number of carbonyl (C=O) groups is 2. The number of para-hydroxylation sites is 1. The normalized spacial score (nSPS) is 10.5. The molecule has 0 unspecified atom stereocenters. The molecule has 38 heavy (non-hydrogen) atoms. The van der Waals surface area contributed by atoms with Gasteiger partial charge in [0.1, 0.15) is 0 Å². The lowest BCUT2D eigenvalue weighted by Crippen LogP contribution is -2.21.